The van der Waals surface area contributed by atoms with E-state index in [1.165, 1.54) is 16.8 Å². The fourth-order valence-electron chi connectivity index (χ4n) is 2.95. The Hall–Kier alpha value is -1.81. The predicted molar refractivity (Wildman–Crippen MR) is 79.1 cm³/mol. The molecular weight excluding hydrogens is 250 g/mol. The van der Waals surface area contributed by atoms with Gasteiger partial charge in [0, 0.05) is 19.0 Å². The fourth-order valence-corrected chi connectivity index (χ4v) is 2.95. The topological polar surface area (TPSA) is 39.1 Å². The molecule has 0 bridgehead atoms. The zero-order valence-corrected chi connectivity index (χ0v) is 12.3. The van der Waals surface area contributed by atoms with E-state index in [2.05, 4.69) is 41.6 Å². The molecule has 1 aliphatic heterocycles. The van der Waals surface area contributed by atoms with Gasteiger partial charge in [-0.05, 0) is 25.1 Å². The lowest BCUT2D eigenvalue weighted by molar-refractivity contribution is 0.350. The normalized spacial score (nSPS) is 14.9. The predicted octanol–water partition coefficient (Wildman–Crippen LogP) is 2.36. The molecule has 4 nitrogen and oxygen atoms in total. The molecule has 0 radical (unpaired) electrons. The average molecular weight is 271 g/mol. The van der Waals surface area contributed by atoms with Crippen molar-refractivity contribution in [2.45, 2.75) is 26.3 Å². The molecule has 0 amide bonds. The Kier molecular flexibility index (Phi) is 3.49. The second-order valence-electron chi connectivity index (χ2n) is 5.26. The Bertz CT molecular complexity index is 618. The van der Waals surface area contributed by atoms with Gasteiger partial charge in [0.15, 0.2) is 0 Å². The summed E-state index contributed by atoms with van der Waals surface area (Å²) in [5.41, 5.74) is 4.74. The van der Waals surface area contributed by atoms with Crippen molar-refractivity contribution >= 4 is 0 Å². The van der Waals surface area contributed by atoms with E-state index in [4.69, 9.17) is 4.74 Å². The maximum absolute atomic E-state index is 5.86. The monoisotopic (exact) mass is 271 g/mol. The summed E-state index contributed by atoms with van der Waals surface area (Å²) in [5.74, 6) is 1.05. The molecule has 2 aromatic rings. The van der Waals surface area contributed by atoms with E-state index in [9.17, 15) is 0 Å². The summed E-state index contributed by atoms with van der Waals surface area (Å²) in [6.07, 6.45) is 1.01. The van der Waals surface area contributed by atoms with Gasteiger partial charge in [-0.1, -0.05) is 25.1 Å². The van der Waals surface area contributed by atoms with Crippen molar-refractivity contribution in [2.24, 2.45) is 7.05 Å². The summed E-state index contributed by atoms with van der Waals surface area (Å²) in [4.78, 5) is 0. The number of nitrogens with zero attached hydrogens (tertiary/aromatic N) is 2. The number of aromatic nitrogens is 2. The standard InChI is InChI=1S/C16H21N3O/c1-4-17-15(14-10-11(2)18-19(14)3)13-7-5-6-12-8-9-20-16(12)13/h5-7,10,15,17H,4,8-9H2,1-3H3. The van der Waals surface area contributed by atoms with Crippen LogP contribution >= 0.6 is 0 Å². The highest BCUT2D eigenvalue weighted by Gasteiger charge is 2.24. The van der Waals surface area contributed by atoms with Crippen molar-refractivity contribution in [3.8, 4) is 5.75 Å². The number of para-hydroxylation sites is 1. The zero-order valence-electron chi connectivity index (χ0n) is 12.3. The second kappa shape index (κ2) is 5.29. The molecule has 1 unspecified atom stereocenters. The van der Waals surface area contributed by atoms with Gasteiger partial charge in [-0.25, -0.2) is 0 Å². The number of hydrogen-bond acceptors (Lipinski definition) is 3. The van der Waals surface area contributed by atoms with Crippen LogP contribution in [0.5, 0.6) is 5.75 Å². The summed E-state index contributed by atoms with van der Waals surface area (Å²) < 4.78 is 7.81. The number of fused-ring (bicyclic) bond motifs is 1. The molecule has 0 fully saturated rings. The van der Waals surface area contributed by atoms with Crippen LogP contribution in [-0.2, 0) is 13.5 Å². The van der Waals surface area contributed by atoms with Gasteiger partial charge in [0.05, 0.1) is 24.0 Å². The van der Waals surface area contributed by atoms with Gasteiger partial charge >= 0.3 is 0 Å². The van der Waals surface area contributed by atoms with E-state index in [0.717, 1.165) is 31.0 Å². The molecule has 2 heterocycles. The van der Waals surface area contributed by atoms with Crippen LogP contribution in [0.15, 0.2) is 24.3 Å². The number of rotatable bonds is 4. The SMILES string of the molecule is CCNC(c1cccc2c1OCC2)c1cc(C)nn1C. The van der Waals surface area contributed by atoms with E-state index in [-0.39, 0.29) is 6.04 Å². The first-order valence-corrected chi connectivity index (χ1v) is 7.19. The van der Waals surface area contributed by atoms with Gasteiger partial charge in [0.2, 0.25) is 0 Å². The number of benzene rings is 1. The molecule has 1 N–H and O–H groups in total. The number of aryl methyl sites for hydroxylation is 2. The van der Waals surface area contributed by atoms with Crippen molar-refractivity contribution in [1.82, 2.24) is 15.1 Å². The lowest BCUT2D eigenvalue weighted by atomic mass is 9.99. The minimum atomic E-state index is 0.124. The van der Waals surface area contributed by atoms with Crippen LogP contribution in [0, 0.1) is 6.92 Å². The third-order valence-corrected chi connectivity index (χ3v) is 3.80. The maximum Gasteiger partial charge on any atom is 0.127 e. The Balaban J connectivity index is 2.08. The molecule has 0 aliphatic carbocycles. The highest BCUT2D eigenvalue weighted by Crippen LogP contribution is 2.36. The van der Waals surface area contributed by atoms with Gasteiger partial charge in [0.25, 0.3) is 0 Å². The van der Waals surface area contributed by atoms with Gasteiger partial charge in [0.1, 0.15) is 5.75 Å². The summed E-state index contributed by atoms with van der Waals surface area (Å²) in [7, 11) is 2.00. The van der Waals surface area contributed by atoms with E-state index >= 15 is 0 Å². The van der Waals surface area contributed by atoms with Crippen LogP contribution in [-0.4, -0.2) is 22.9 Å². The molecule has 3 rings (SSSR count). The molecule has 20 heavy (non-hydrogen) atoms. The van der Waals surface area contributed by atoms with Crippen molar-refractivity contribution in [1.29, 1.82) is 0 Å². The summed E-state index contributed by atoms with van der Waals surface area (Å²) in [6, 6.07) is 8.69. The molecule has 0 spiro atoms. The van der Waals surface area contributed by atoms with Crippen molar-refractivity contribution < 1.29 is 4.74 Å². The Morgan fingerprint density at radius 2 is 2.30 bits per heavy atom. The van der Waals surface area contributed by atoms with Crippen LogP contribution < -0.4 is 10.1 Å². The largest absolute Gasteiger partial charge is 0.493 e. The van der Waals surface area contributed by atoms with Crippen molar-refractivity contribution in [3.05, 3.63) is 46.8 Å². The fraction of sp³-hybridized carbons (Fsp3) is 0.438. The van der Waals surface area contributed by atoms with Crippen LogP contribution in [0.3, 0.4) is 0 Å². The molecule has 1 aromatic heterocycles. The van der Waals surface area contributed by atoms with Gasteiger partial charge < -0.3 is 10.1 Å². The van der Waals surface area contributed by atoms with E-state index < -0.39 is 0 Å². The number of ether oxygens (including phenoxy) is 1. The van der Waals surface area contributed by atoms with Crippen molar-refractivity contribution in [2.75, 3.05) is 13.2 Å². The van der Waals surface area contributed by atoms with Crippen LogP contribution in [0.1, 0.15) is 35.5 Å². The van der Waals surface area contributed by atoms with E-state index in [1.807, 2.05) is 18.7 Å². The van der Waals surface area contributed by atoms with Gasteiger partial charge in [-0.3, -0.25) is 4.68 Å². The highest BCUT2D eigenvalue weighted by molar-refractivity contribution is 5.48. The molecular formula is C16H21N3O. The second-order valence-corrected chi connectivity index (χ2v) is 5.26. The van der Waals surface area contributed by atoms with Gasteiger partial charge in [-0.15, -0.1) is 0 Å². The maximum atomic E-state index is 5.86. The first-order valence-electron chi connectivity index (χ1n) is 7.19. The zero-order chi connectivity index (χ0) is 14.1. The minimum absolute atomic E-state index is 0.124. The average Bonchev–Trinajstić information content (AvgIpc) is 3.02. The highest BCUT2D eigenvalue weighted by atomic mass is 16.5. The smallest absolute Gasteiger partial charge is 0.127 e. The van der Waals surface area contributed by atoms with Crippen LogP contribution in [0.25, 0.3) is 0 Å². The summed E-state index contributed by atoms with van der Waals surface area (Å²) in [6.45, 7) is 5.84. The van der Waals surface area contributed by atoms with E-state index in [0.29, 0.717) is 0 Å². The molecule has 106 valence electrons. The third-order valence-electron chi connectivity index (χ3n) is 3.80. The molecule has 4 heteroatoms. The lowest BCUT2D eigenvalue weighted by Crippen LogP contribution is -2.24. The third kappa shape index (κ3) is 2.20. The molecule has 0 saturated carbocycles. The quantitative estimate of drug-likeness (QED) is 0.928. The van der Waals surface area contributed by atoms with Crippen LogP contribution in [0.2, 0.25) is 0 Å². The summed E-state index contributed by atoms with van der Waals surface area (Å²) >= 11 is 0. The molecule has 1 aromatic carbocycles. The van der Waals surface area contributed by atoms with E-state index in [1.54, 1.807) is 0 Å². The Labute approximate surface area is 119 Å². The lowest BCUT2D eigenvalue weighted by Gasteiger charge is -2.21. The first kappa shape index (κ1) is 13.2. The Morgan fingerprint density at radius 1 is 1.45 bits per heavy atom. The first-order chi connectivity index (χ1) is 9.70. The molecule has 1 aliphatic rings. The minimum Gasteiger partial charge on any atom is -0.493 e. The molecule has 1 atom stereocenters. The van der Waals surface area contributed by atoms with Crippen molar-refractivity contribution in [3.63, 3.8) is 0 Å². The van der Waals surface area contributed by atoms with Gasteiger partial charge in [-0.2, -0.15) is 5.10 Å². The van der Waals surface area contributed by atoms with Crippen LogP contribution in [0.4, 0.5) is 0 Å². The summed E-state index contributed by atoms with van der Waals surface area (Å²) in [5, 5.41) is 8.03. The molecule has 0 saturated heterocycles. The number of hydrogen-bond donors (Lipinski definition) is 1. The Morgan fingerprint density at radius 3 is 3.00 bits per heavy atom. The number of nitrogens with one attached hydrogen (secondary N) is 1.